The van der Waals surface area contributed by atoms with E-state index in [0.717, 1.165) is 4.88 Å². The van der Waals surface area contributed by atoms with Crippen molar-refractivity contribution in [3.63, 3.8) is 0 Å². The summed E-state index contributed by atoms with van der Waals surface area (Å²) in [5.41, 5.74) is 6.16. The molecule has 4 N–H and O–H groups in total. The van der Waals surface area contributed by atoms with Crippen LogP contribution in [0, 0.1) is 0 Å². The van der Waals surface area contributed by atoms with E-state index in [2.05, 4.69) is 10.3 Å². The molecule has 130 valence electrons. The lowest BCUT2D eigenvalue weighted by molar-refractivity contribution is -0.139. The summed E-state index contributed by atoms with van der Waals surface area (Å²) in [4.78, 5) is 24.7. The van der Waals surface area contributed by atoms with Gasteiger partial charge in [0, 0.05) is 36.9 Å². The van der Waals surface area contributed by atoms with Gasteiger partial charge in [-0.1, -0.05) is 6.07 Å². The highest BCUT2D eigenvalue weighted by Gasteiger charge is 2.28. The number of aliphatic carboxylic acids is 1. The molecule has 0 aliphatic carbocycles. The molecular weight excluding hydrogens is 330 g/mol. The fourth-order valence-corrected chi connectivity index (χ4v) is 2.47. The number of hydrogen-bond donors (Lipinski definition) is 3. The van der Waals surface area contributed by atoms with Crippen LogP contribution in [0.25, 0.3) is 6.08 Å². The molecule has 24 heavy (non-hydrogen) atoms. The average molecular weight is 351 g/mol. The average Bonchev–Trinajstić information content (AvgIpc) is 3.25. The van der Waals surface area contributed by atoms with Crippen LogP contribution >= 0.6 is 11.3 Å². The number of carboxylic acid groups (broad SMARTS) is 1. The largest absolute Gasteiger partial charge is 0.480 e. The van der Waals surface area contributed by atoms with Gasteiger partial charge in [-0.05, 0) is 29.7 Å². The van der Waals surface area contributed by atoms with Gasteiger partial charge >= 0.3 is 5.97 Å². The second-order valence-corrected chi connectivity index (χ2v) is 5.79. The minimum absolute atomic E-state index is 0.0705. The summed E-state index contributed by atoms with van der Waals surface area (Å²) in [5, 5.41) is 13.3. The smallest absolute Gasteiger partial charge is 0.320 e. The molecule has 0 aromatic carbocycles. The van der Waals surface area contributed by atoms with E-state index in [-0.39, 0.29) is 6.10 Å². The first-order valence-electron chi connectivity index (χ1n) is 7.20. The van der Waals surface area contributed by atoms with Crippen molar-refractivity contribution < 1.29 is 19.4 Å². The second-order valence-electron chi connectivity index (χ2n) is 4.81. The quantitative estimate of drug-likeness (QED) is 0.404. The van der Waals surface area contributed by atoms with Crippen molar-refractivity contribution in [2.24, 2.45) is 10.7 Å². The molecule has 1 aliphatic heterocycles. The van der Waals surface area contributed by atoms with Crippen molar-refractivity contribution in [3.8, 4) is 0 Å². The van der Waals surface area contributed by atoms with Crippen LogP contribution in [-0.4, -0.2) is 49.5 Å². The van der Waals surface area contributed by atoms with Crippen LogP contribution in [0.2, 0.25) is 0 Å². The third-order valence-corrected chi connectivity index (χ3v) is 3.96. The van der Waals surface area contributed by atoms with Gasteiger partial charge in [-0.2, -0.15) is 0 Å². The van der Waals surface area contributed by atoms with Gasteiger partial charge in [0.2, 0.25) is 6.41 Å². The Morgan fingerprint density at radius 1 is 1.58 bits per heavy atom. The Morgan fingerprint density at radius 2 is 2.38 bits per heavy atom. The van der Waals surface area contributed by atoms with Crippen molar-refractivity contribution >= 4 is 36.0 Å². The maximum Gasteiger partial charge on any atom is 0.320 e. The lowest BCUT2D eigenvalue weighted by Crippen LogP contribution is -2.29. The van der Waals surface area contributed by atoms with E-state index in [0.29, 0.717) is 25.1 Å². The van der Waals surface area contributed by atoms with E-state index >= 15 is 0 Å². The summed E-state index contributed by atoms with van der Waals surface area (Å²) in [6, 6.07) is 3.55. The monoisotopic (exact) mass is 351 g/mol. The number of amides is 1. The van der Waals surface area contributed by atoms with Crippen molar-refractivity contribution in [1.82, 2.24) is 5.32 Å². The summed E-state index contributed by atoms with van der Waals surface area (Å²) in [6.45, 7) is 0.646. The molecule has 0 bridgehead atoms. The second kappa shape index (κ2) is 11.3. The maximum absolute atomic E-state index is 10.3. The third-order valence-electron chi connectivity index (χ3n) is 3.12. The number of aliphatic imine (C=N–C) groups is 1. The minimum Gasteiger partial charge on any atom is -0.480 e. The molecule has 2 unspecified atom stereocenters. The van der Waals surface area contributed by atoms with E-state index in [9.17, 15) is 9.59 Å². The first-order valence-corrected chi connectivity index (χ1v) is 8.08. The normalized spacial score (nSPS) is 21.0. The highest BCUT2D eigenvalue weighted by atomic mass is 32.1. The predicted molar refractivity (Wildman–Crippen MR) is 95.0 cm³/mol. The Kier molecular flexibility index (Phi) is 9.28. The standard InChI is InChI=1S/C10H10N2OS.C6H11NO3/c11-9(5-6-12-8-13)3-4-10-2-1-7-14-10;1-10-4-2-5(6(8)9)7-3-4/h1-8H,11H2;4-5,7H,2-3H2,1H3,(H,8,9)/b4-3+,9-5-,12-6?;. The number of nitrogens with one attached hydrogen (secondary N) is 1. The predicted octanol–water partition coefficient (Wildman–Crippen LogP) is 1.28. The number of nitrogens with zero attached hydrogens (tertiary/aromatic N) is 1. The third kappa shape index (κ3) is 7.82. The number of methoxy groups -OCH3 is 1. The summed E-state index contributed by atoms with van der Waals surface area (Å²) in [6.07, 6.45) is 7.72. The van der Waals surface area contributed by atoms with E-state index in [1.54, 1.807) is 30.6 Å². The summed E-state index contributed by atoms with van der Waals surface area (Å²) < 4.78 is 4.97. The van der Waals surface area contributed by atoms with Crippen LogP contribution in [-0.2, 0) is 14.3 Å². The van der Waals surface area contributed by atoms with Crippen LogP contribution in [0.15, 0.2) is 40.4 Å². The van der Waals surface area contributed by atoms with Crippen LogP contribution in [0.1, 0.15) is 11.3 Å². The number of ether oxygens (including phenoxy) is 1. The van der Waals surface area contributed by atoms with Gasteiger partial charge in [0.1, 0.15) is 6.04 Å². The Morgan fingerprint density at radius 3 is 2.88 bits per heavy atom. The van der Waals surface area contributed by atoms with Crippen molar-refractivity contribution in [2.45, 2.75) is 18.6 Å². The molecule has 2 rings (SSSR count). The number of carbonyl (C=O) groups excluding carboxylic acids is 1. The molecule has 1 aromatic rings. The van der Waals surface area contributed by atoms with Crippen LogP contribution in [0.4, 0.5) is 0 Å². The Hall–Kier alpha value is -2.29. The molecule has 1 amide bonds. The summed E-state index contributed by atoms with van der Waals surface area (Å²) >= 11 is 1.63. The Balaban J connectivity index is 0.000000254. The zero-order valence-corrected chi connectivity index (χ0v) is 14.1. The van der Waals surface area contributed by atoms with Crippen molar-refractivity contribution in [3.05, 3.63) is 40.2 Å². The van der Waals surface area contributed by atoms with Crippen LogP contribution in [0.5, 0.6) is 0 Å². The number of thiophene rings is 1. The number of carbonyl (C=O) groups is 2. The molecule has 1 aliphatic rings. The Bertz CT molecular complexity index is 596. The lowest BCUT2D eigenvalue weighted by Gasteiger charge is -2.03. The fourth-order valence-electron chi connectivity index (χ4n) is 1.86. The molecule has 1 fully saturated rings. The molecule has 8 heteroatoms. The highest BCUT2D eigenvalue weighted by Crippen LogP contribution is 2.10. The first-order chi connectivity index (χ1) is 11.6. The number of allylic oxidation sites excluding steroid dienone is 2. The first kappa shape index (κ1) is 19.8. The van der Waals surface area contributed by atoms with E-state index in [4.69, 9.17) is 15.6 Å². The molecule has 1 saturated heterocycles. The van der Waals surface area contributed by atoms with Gasteiger partial charge in [-0.25, -0.2) is 4.99 Å². The van der Waals surface area contributed by atoms with Crippen molar-refractivity contribution in [1.29, 1.82) is 0 Å². The maximum atomic E-state index is 10.3. The molecule has 2 atom stereocenters. The summed E-state index contributed by atoms with van der Waals surface area (Å²) in [7, 11) is 1.59. The number of hydrogen-bond acceptors (Lipinski definition) is 6. The van der Waals surface area contributed by atoms with E-state index in [1.165, 1.54) is 6.21 Å². The zero-order chi connectivity index (χ0) is 17.8. The lowest BCUT2D eigenvalue weighted by atomic mass is 10.2. The van der Waals surface area contributed by atoms with Gasteiger partial charge < -0.3 is 20.9 Å². The molecule has 2 heterocycles. The van der Waals surface area contributed by atoms with Gasteiger partial charge in [-0.3, -0.25) is 9.59 Å². The molecular formula is C16H21N3O4S. The Labute approximate surface area is 144 Å². The van der Waals surface area contributed by atoms with Gasteiger partial charge in [0.25, 0.3) is 0 Å². The van der Waals surface area contributed by atoms with Gasteiger partial charge in [0.05, 0.1) is 6.10 Å². The molecule has 1 aromatic heterocycles. The van der Waals surface area contributed by atoms with Crippen LogP contribution in [0.3, 0.4) is 0 Å². The summed E-state index contributed by atoms with van der Waals surface area (Å²) in [5.74, 6) is -0.792. The number of carboxylic acids is 1. The number of nitrogens with two attached hydrogens (primary N) is 1. The minimum atomic E-state index is -0.792. The van der Waals surface area contributed by atoms with E-state index < -0.39 is 12.0 Å². The molecule has 0 radical (unpaired) electrons. The highest BCUT2D eigenvalue weighted by molar-refractivity contribution is 7.10. The van der Waals surface area contributed by atoms with Crippen LogP contribution < -0.4 is 11.1 Å². The SMILES string of the molecule is COC1CNC(C(=O)O)C1.NC(=C\C=NC=O)/C=C/c1cccs1. The topological polar surface area (TPSA) is 114 Å². The van der Waals surface area contributed by atoms with Gasteiger partial charge in [-0.15, -0.1) is 11.3 Å². The molecule has 7 nitrogen and oxygen atoms in total. The number of rotatable bonds is 6. The van der Waals surface area contributed by atoms with E-state index in [1.807, 2.05) is 23.6 Å². The van der Waals surface area contributed by atoms with Crippen molar-refractivity contribution in [2.75, 3.05) is 13.7 Å². The fraction of sp³-hybridized carbons (Fsp3) is 0.312. The zero-order valence-electron chi connectivity index (χ0n) is 13.3. The van der Waals surface area contributed by atoms with Gasteiger partial charge in [0.15, 0.2) is 0 Å². The molecule has 0 spiro atoms. The molecule has 0 saturated carbocycles.